The molecule has 0 aliphatic rings. The molecule has 1 atom stereocenters. The maximum Gasteiger partial charge on any atom is 0.417 e. The van der Waals surface area contributed by atoms with Gasteiger partial charge in [0, 0.05) is 36.1 Å². The highest BCUT2D eigenvalue weighted by atomic mass is 19.4. The Bertz CT molecular complexity index is 1340. The van der Waals surface area contributed by atoms with E-state index in [1.165, 1.54) is 30.3 Å². The summed E-state index contributed by atoms with van der Waals surface area (Å²) in [4.78, 5) is 32.3. The van der Waals surface area contributed by atoms with Crippen LogP contribution in [-0.4, -0.2) is 33.0 Å². The number of halogens is 3. The van der Waals surface area contributed by atoms with Gasteiger partial charge in [-0.25, -0.2) is 4.79 Å². The number of nitrogens with one attached hydrogen (secondary N) is 1. The second-order valence-electron chi connectivity index (χ2n) is 8.01. The zero-order valence-corrected chi connectivity index (χ0v) is 18.7. The van der Waals surface area contributed by atoms with Gasteiger partial charge in [0.05, 0.1) is 11.3 Å². The minimum atomic E-state index is -4.48. The monoisotopic (exact) mass is 491 g/mol. The van der Waals surface area contributed by atoms with E-state index in [9.17, 15) is 27.9 Å². The van der Waals surface area contributed by atoms with E-state index in [2.05, 4.69) is 15.3 Å². The molecule has 182 valence electrons. The summed E-state index contributed by atoms with van der Waals surface area (Å²) >= 11 is 0. The number of carboxylic acids is 1. The average molecular weight is 491 g/mol. The summed E-state index contributed by atoms with van der Waals surface area (Å²) in [5.74, 6) is -1.75. The van der Waals surface area contributed by atoms with Crippen molar-refractivity contribution in [1.29, 1.82) is 0 Å². The van der Waals surface area contributed by atoms with Crippen LogP contribution in [0.4, 0.5) is 13.2 Å². The van der Waals surface area contributed by atoms with Gasteiger partial charge in [0.2, 0.25) is 0 Å². The first-order valence-electron chi connectivity index (χ1n) is 10.9. The van der Waals surface area contributed by atoms with Crippen molar-refractivity contribution in [2.45, 2.75) is 18.6 Å². The van der Waals surface area contributed by atoms with Crippen LogP contribution >= 0.6 is 0 Å². The summed E-state index contributed by atoms with van der Waals surface area (Å²) in [7, 11) is 0. The second-order valence-corrected chi connectivity index (χ2v) is 8.01. The summed E-state index contributed by atoms with van der Waals surface area (Å²) < 4.78 is 38.2. The van der Waals surface area contributed by atoms with Gasteiger partial charge in [0.1, 0.15) is 6.04 Å². The Labute approximate surface area is 204 Å². The van der Waals surface area contributed by atoms with E-state index in [1.54, 1.807) is 12.4 Å². The second kappa shape index (κ2) is 10.4. The number of nitrogens with zero attached hydrogens (tertiary/aromatic N) is 2. The number of pyridine rings is 2. The number of hydrogen-bond donors (Lipinski definition) is 2. The number of alkyl halides is 3. The number of carboxylic acid groups (broad SMARTS) is 1. The van der Waals surface area contributed by atoms with E-state index in [4.69, 9.17) is 0 Å². The van der Waals surface area contributed by atoms with Crippen molar-refractivity contribution in [2.75, 3.05) is 0 Å². The van der Waals surface area contributed by atoms with Crippen molar-refractivity contribution < 1.29 is 27.9 Å². The van der Waals surface area contributed by atoms with Gasteiger partial charge in [-0.3, -0.25) is 14.8 Å². The zero-order chi connectivity index (χ0) is 25.7. The van der Waals surface area contributed by atoms with Crippen LogP contribution in [-0.2, 0) is 17.4 Å². The summed E-state index contributed by atoms with van der Waals surface area (Å²) in [6, 6.07) is 18.1. The Kier molecular flexibility index (Phi) is 7.10. The van der Waals surface area contributed by atoms with Gasteiger partial charge in [-0.2, -0.15) is 13.2 Å². The van der Waals surface area contributed by atoms with Crippen LogP contribution in [0.25, 0.3) is 22.4 Å². The van der Waals surface area contributed by atoms with E-state index in [0.29, 0.717) is 11.3 Å². The van der Waals surface area contributed by atoms with E-state index in [1.807, 2.05) is 36.4 Å². The van der Waals surface area contributed by atoms with Crippen LogP contribution in [0.5, 0.6) is 0 Å². The minimum Gasteiger partial charge on any atom is -0.480 e. The predicted molar refractivity (Wildman–Crippen MR) is 127 cm³/mol. The molecule has 2 heterocycles. The lowest BCUT2D eigenvalue weighted by Gasteiger charge is -2.15. The Hall–Kier alpha value is -4.53. The smallest absolute Gasteiger partial charge is 0.417 e. The Balaban J connectivity index is 1.42. The first-order chi connectivity index (χ1) is 17.2. The van der Waals surface area contributed by atoms with E-state index >= 15 is 0 Å². The summed E-state index contributed by atoms with van der Waals surface area (Å²) in [5, 5.41) is 12.1. The average Bonchev–Trinajstić information content (AvgIpc) is 2.89. The van der Waals surface area contributed by atoms with Crippen molar-refractivity contribution in [3.63, 3.8) is 0 Å². The molecular weight excluding hydrogens is 471 g/mol. The normalized spacial score (nSPS) is 12.1. The number of aliphatic carboxylic acids is 1. The third-order valence-electron chi connectivity index (χ3n) is 5.54. The van der Waals surface area contributed by atoms with Gasteiger partial charge in [0.15, 0.2) is 0 Å². The van der Waals surface area contributed by atoms with Crippen LogP contribution in [0.15, 0.2) is 91.4 Å². The highest BCUT2D eigenvalue weighted by Gasteiger charge is 2.30. The van der Waals surface area contributed by atoms with Crippen LogP contribution < -0.4 is 5.32 Å². The number of hydrogen-bond acceptors (Lipinski definition) is 4. The molecule has 9 heteroatoms. The number of amides is 1. The molecule has 0 aliphatic carbocycles. The number of aromatic nitrogens is 2. The summed E-state index contributed by atoms with van der Waals surface area (Å²) in [5.41, 5.74) is 2.87. The quantitative estimate of drug-likeness (QED) is 0.368. The van der Waals surface area contributed by atoms with Crippen molar-refractivity contribution in [2.24, 2.45) is 0 Å². The minimum absolute atomic E-state index is 0.0885. The third kappa shape index (κ3) is 5.93. The Morgan fingerprint density at radius 3 is 2.00 bits per heavy atom. The van der Waals surface area contributed by atoms with Crippen LogP contribution in [0.3, 0.4) is 0 Å². The topological polar surface area (TPSA) is 92.2 Å². The summed E-state index contributed by atoms with van der Waals surface area (Å²) in [6.45, 7) is 0. The number of benzene rings is 2. The molecule has 1 amide bonds. The largest absolute Gasteiger partial charge is 0.480 e. The van der Waals surface area contributed by atoms with Gasteiger partial charge in [-0.15, -0.1) is 0 Å². The lowest BCUT2D eigenvalue weighted by Crippen LogP contribution is -2.42. The van der Waals surface area contributed by atoms with Crippen molar-refractivity contribution in [3.8, 4) is 22.4 Å². The number of carbonyl (C=O) groups excluding carboxylic acids is 1. The Morgan fingerprint density at radius 1 is 0.833 bits per heavy atom. The van der Waals surface area contributed by atoms with Crippen LogP contribution in [0.1, 0.15) is 21.5 Å². The molecule has 0 bridgehead atoms. The van der Waals surface area contributed by atoms with Gasteiger partial charge >= 0.3 is 12.1 Å². The molecule has 6 nitrogen and oxygen atoms in total. The molecule has 2 N–H and O–H groups in total. The zero-order valence-electron chi connectivity index (χ0n) is 18.7. The SMILES string of the molecule is O=C(NC(Cc1ccc(-c2ccncc2)cc1)C(=O)O)c1ccc(-c2ccc(C(F)(F)F)cn2)cc1. The maximum absolute atomic E-state index is 12.7. The van der Waals surface area contributed by atoms with Gasteiger partial charge < -0.3 is 10.4 Å². The number of carbonyl (C=O) groups is 2. The van der Waals surface area contributed by atoms with Crippen LogP contribution in [0.2, 0.25) is 0 Å². The van der Waals surface area contributed by atoms with Crippen molar-refractivity contribution >= 4 is 11.9 Å². The van der Waals surface area contributed by atoms with E-state index in [0.717, 1.165) is 29.0 Å². The summed E-state index contributed by atoms with van der Waals surface area (Å²) in [6.07, 6.45) is -0.268. The van der Waals surface area contributed by atoms with E-state index in [-0.39, 0.29) is 12.0 Å². The molecule has 2 aromatic heterocycles. The Morgan fingerprint density at radius 2 is 1.44 bits per heavy atom. The molecule has 4 rings (SSSR count). The highest BCUT2D eigenvalue weighted by Crippen LogP contribution is 2.29. The fourth-order valence-corrected chi connectivity index (χ4v) is 3.58. The molecule has 36 heavy (non-hydrogen) atoms. The van der Waals surface area contributed by atoms with Gasteiger partial charge in [0.25, 0.3) is 5.91 Å². The first kappa shape index (κ1) is 24.6. The van der Waals surface area contributed by atoms with Crippen LogP contribution in [0, 0.1) is 0 Å². The maximum atomic E-state index is 12.7. The molecule has 0 aliphatic heterocycles. The van der Waals surface area contributed by atoms with Gasteiger partial charge in [-0.1, -0.05) is 36.4 Å². The lowest BCUT2D eigenvalue weighted by molar-refractivity contribution is -0.139. The fourth-order valence-electron chi connectivity index (χ4n) is 3.58. The van der Waals surface area contributed by atoms with E-state index < -0.39 is 29.7 Å². The van der Waals surface area contributed by atoms with Crippen molar-refractivity contribution in [1.82, 2.24) is 15.3 Å². The molecule has 4 aromatic rings. The molecule has 2 aromatic carbocycles. The lowest BCUT2D eigenvalue weighted by atomic mass is 10.0. The fraction of sp³-hybridized carbons (Fsp3) is 0.111. The van der Waals surface area contributed by atoms with Crippen molar-refractivity contribution in [3.05, 3.63) is 108 Å². The highest BCUT2D eigenvalue weighted by molar-refractivity contribution is 5.97. The first-order valence-corrected chi connectivity index (χ1v) is 10.9. The number of rotatable bonds is 7. The molecular formula is C27H20F3N3O3. The van der Waals surface area contributed by atoms with Gasteiger partial charge in [-0.05, 0) is 53.1 Å². The molecule has 1 unspecified atom stereocenters. The predicted octanol–water partition coefficient (Wildman–Crippen LogP) is 5.26. The third-order valence-corrected chi connectivity index (χ3v) is 5.54. The molecule has 0 spiro atoms. The standard InChI is InChI=1S/C27H20F3N3O3/c28-27(29,30)22-9-10-23(32-16-22)20-5-7-21(8-6-20)25(34)33-24(26(35)36)15-17-1-3-18(4-2-17)19-11-13-31-14-12-19/h1-14,16,24H,15H2,(H,33,34)(H,35,36). The molecule has 0 fully saturated rings. The molecule has 0 saturated carbocycles. The molecule has 0 saturated heterocycles. The molecule has 0 radical (unpaired) electrons.